The van der Waals surface area contributed by atoms with Crippen LogP contribution in [-0.4, -0.2) is 33.6 Å². The number of hydrogen-bond donors (Lipinski definition) is 2. The van der Waals surface area contributed by atoms with Crippen molar-refractivity contribution < 1.29 is 17.9 Å². The summed E-state index contributed by atoms with van der Waals surface area (Å²) in [6, 6.07) is 2.39. The van der Waals surface area contributed by atoms with Crippen molar-refractivity contribution in [2.45, 2.75) is 24.8 Å². The smallest absolute Gasteiger partial charge is 0.252 e. The van der Waals surface area contributed by atoms with Crippen molar-refractivity contribution in [3.05, 3.63) is 27.2 Å². The van der Waals surface area contributed by atoms with E-state index < -0.39 is 15.9 Å². The Hall–Kier alpha value is -0.670. The summed E-state index contributed by atoms with van der Waals surface area (Å²) in [7, 11) is -3.93. The summed E-state index contributed by atoms with van der Waals surface area (Å²) in [5.74, 6) is -0.502. The summed E-state index contributed by atoms with van der Waals surface area (Å²) in [6.07, 6.45) is -0.164. The number of sulfonamides is 1. The van der Waals surface area contributed by atoms with Crippen LogP contribution in [0.3, 0.4) is 0 Å². The van der Waals surface area contributed by atoms with E-state index in [-0.39, 0.29) is 32.6 Å². The Labute approximate surface area is 137 Å². The van der Waals surface area contributed by atoms with Crippen LogP contribution in [0.1, 0.15) is 24.2 Å². The van der Waals surface area contributed by atoms with Crippen LogP contribution in [0.5, 0.6) is 0 Å². The second-order valence-corrected chi connectivity index (χ2v) is 7.08. The van der Waals surface area contributed by atoms with Crippen LogP contribution in [0.25, 0.3) is 0 Å². The van der Waals surface area contributed by atoms with Crippen LogP contribution in [0.15, 0.2) is 21.5 Å². The summed E-state index contributed by atoms with van der Waals surface area (Å²) in [6.45, 7) is 4.47. The van der Waals surface area contributed by atoms with E-state index in [0.717, 1.165) is 6.07 Å². The van der Waals surface area contributed by atoms with Crippen molar-refractivity contribution >= 4 is 43.5 Å². The molecule has 1 atom stereocenters. The fourth-order valence-corrected chi connectivity index (χ4v) is 2.94. The maximum Gasteiger partial charge on any atom is 0.252 e. The number of nitrogens with one attached hydrogen (secondary N) is 1. The Balaban J connectivity index is 3.01. The van der Waals surface area contributed by atoms with Gasteiger partial charge in [0.2, 0.25) is 10.0 Å². The lowest BCUT2D eigenvalue weighted by molar-refractivity contribution is 0.0695. The van der Waals surface area contributed by atoms with Gasteiger partial charge in [0.05, 0.1) is 21.6 Å². The maximum absolute atomic E-state index is 12.1. The van der Waals surface area contributed by atoms with Gasteiger partial charge in [-0.15, -0.1) is 0 Å². The fourth-order valence-electron chi connectivity index (χ4n) is 1.57. The molecule has 0 aliphatic heterocycles. The van der Waals surface area contributed by atoms with Crippen molar-refractivity contribution in [1.82, 2.24) is 5.32 Å². The standard InChI is InChI=1S/C12H16BrClN2O4S/c1-3-20-7(2)6-16-12(17)9-4-8(21(15,18)19)5-10(13)11(9)14/h4-5,7H,3,6H2,1-2H3,(H,16,17)(H2,15,18,19). The summed E-state index contributed by atoms with van der Waals surface area (Å²) in [5.41, 5.74) is 0.0266. The molecule has 0 heterocycles. The highest BCUT2D eigenvalue weighted by molar-refractivity contribution is 9.10. The van der Waals surface area contributed by atoms with E-state index in [0.29, 0.717) is 6.61 Å². The Bertz CT molecular complexity index is 636. The number of rotatable bonds is 6. The molecule has 3 N–H and O–H groups in total. The molecule has 1 aromatic carbocycles. The lowest BCUT2D eigenvalue weighted by Gasteiger charge is -2.14. The van der Waals surface area contributed by atoms with Gasteiger partial charge < -0.3 is 10.1 Å². The predicted octanol–water partition coefficient (Wildman–Crippen LogP) is 1.90. The number of nitrogens with two attached hydrogens (primary N) is 1. The van der Waals surface area contributed by atoms with Crippen LogP contribution in [0, 0.1) is 0 Å². The van der Waals surface area contributed by atoms with E-state index in [9.17, 15) is 13.2 Å². The average molecular weight is 400 g/mol. The highest BCUT2D eigenvalue weighted by Crippen LogP contribution is 2.29. The van der Waals surface area contributed by atoms with Crippen LogP contribution >= 0.6 is 27.5 Å². The average Bonchev–Trinajstić information content (AvgIpc) is 2.38. The molecule has 1 amide bonds. The third-order valence-electron chi connectivity index (χ3n) is 2.58. The highest BCUT2D eigenvalue weighted by atomic mass is 79.9. The van der Waals surface area contributed by atoms with Crippen LogP contribution in [0.4, 0.5) is 0 Å². The van der Waals surface area contributed by atoms with Gasteiger partial charge in [0.15, 0.2) is 0 Å². The first-order valence-electron chi connectivity index (χ1n) is 6.08. The second-order valence-electron chi connectivity index (χ2n) is 4.29. The molecule has 1 rings (SSSR count). The van der Waals surface area contributed by atoms with Gasteiger partial charge in [0.25, 0.3) is 5.91 Å². The van der Waals surface area contributed by atoms with Gasteiger partial charge in [-0.3, -0.25) is 4.79 Å². The monoisotopic (exact) mass is 398 g/mol. The number of halogens is 2. The third kappa shape index (κ3) is 5.23. The Morgan fingerprint density at radius 2 is 2.14 bits per heavy atom. The minimum Gasteiger partial charge on any atom is -0.377 e. The van der Waals surface area contributed by atoms with Gasteiger partial charge in [-0.2, -0.15) is 0 Å². The number of amides is 1. The molecule has 0 aromatic heterocycles. The first-order valence-corrected chi connectivity index (χ1v) is 8.80. The predicted molar refractivity (Wildman–Crippen MR) is 83.9 cm³/mol. The minimum atomic E-state index is -3.93. The van der Waals surface area contributed by atoms with Gasteiger partial charge >= 0.3 is 0 Å². The number of carbonyl (C=O) groups excluding carboxylic acids is 1. The minimum absolute atomic E-state index is 0.0266. The van der Waals surface area contributed by atoms with E-state index in [1.165, 1.54) is 6.07 Å². The summed E-state index contributed by atoms with van der Waals surface area (Å²) >= 11 is 9.12. The first kappa shape index (κ1) is 18.4. The molecule has 0 bridgehead atoms. The molecule has 6 nitrogen and oxygen atoms in total. The molecular formula is C12H16BrClN2O4S. The zero-order valence-electron chi connectivity index (χ0n) is 11.5. The summed E-state index contributed by atoms with van der Waals surface area (Å²) < 4.78 is 28.3. The van der Waals surface area contributed by atoms with Crippen molar-refractivity contribution in [2.75, 3.05) is 13.2 Å². The molecule has 0 aliphatic rings. The molecule has 0 spiro atoms. The molecule has 118 valence electrons. The molecule has 9 heteroatoms. The first-order chi connectivity index (χ1) is 9.66. The number of benzene rings is 1. The second kappa shape index (κ2) is 7.55. The summed E-state index contributed by atoms with van der Waals surface area (Å²) in [5, 5.41) is 7.80. The highest BCUT2D eigenvalue weighted by Gasteiger charge is 2.19. The van der Waals surface area contributed by atoms with Crippen LogP contribution in [-0.2, 0) is 14.8 Å². The quantitative estimate of drug-likeness (QED) is 0.763. The zero-order valence-corrected chi connectivity index (χ0v) is 14.7. The molecule has 21 heavy (non-hydrogen) atoms. The largest absolute Gasteiger partial charge is 0.377 e. The van der Waals surface area contributed by atoms with Crippen molar-refractivity contribution in [3.63, 3.8) is 0 Å². The number of ether oxygens (including phenoxy) is 1. The van der Waals surface area contributed by atoms with Gasteiger partial charge in [-0.05, 0) is 41.9 Å². The molecule has 1 unspecified atom stereocenters. The Morgan fingerprint density at radius 1 is 1.52 bits per heavy atom. The van der Waals surface area contributed by atoms with Gasteiger partial charge in [-0.1, -0.05) is 11.6 Å². The number of primary sulfonamides is 1. The zero-order chi connectivity index (χ0) is 16.2. The SMILES string of the molecule is CCOC(C)CNC(=O)c1cc(S(N)(=O)=O)cc(Br)c1Cl. The van der Waals surface area contributed by atoms with Crippen molar-refractivity contribution in [1.29, 1.82) is 0 Å². The molecule has 0 aliphatic carbocycles. The molecule has 0 radical (unpaired) electrons. The topological polar surface area (TPSA) is 98.5 Å². The lowest BCUT2D eigenvalue weighted by Crippen LogP contribution is -2.32. The van der Waals surface area contributed by atoms with Gasteiger partial charge in [0.1, 0.15) is 0 Å². The third-order valence-corrected chi connectivity index (χ3v) is 4.73. The van der Waals surface area contributed by atoms with Crippen molar-refractivity contribution in [3.8, 4) is 0 Å². The van der Waals surface area contributed by atoms with E-state index in [1.807, 2.05) is 13.8 Å². The maximum atomic E-state index is 12.1. The normalized spacial score (nSPS) is 13.0. The summed E-state index contributed by atoms with van der Waals surface area (Å²) in [4.78, 5) is 11.9. The molecular weight excluding hydrogens is 384 g/mol. The van der Waals surface area contributed by atoms with Gasteiger partial charge in [-0.25, -0.2) is 13.6 Å². The van der Waals surface area contributed by atoms with Crippen molar-refractivity contribution in [2.24, 2.45) is 5.14 Å². The van der Waals surface area contributed by atoms with Crippen LogP contribution < -0.4 is 10.5 Å². The Morgan fingerprint density at radius 3 is 2.67 bits per heavy atom. The van der Waals surface area contributed by atoms with Gasteiger partial charge in [0, 0.05) is 17.6 Å². The Kier molecular flexibility index (Phi) is 6.61. The van der Waals surface area contributed by atoms with Crippen LogP contribution in [0.2, 0.25) is 5.02 Å². The fraction of sp³-hybridized carbons (Fsp3) is 0.417. The van der Waals surface area contributed by atoms with E-state index >= 15 is 0 Å². The number of carbonyl (C=O) groups is 1. The number of hydrogen-bond acceptors (Lipinski definition) is 4. The van der Waals surface area contributed by atoms with E-state index in [1.54, 1.807) is 0 Å². The van der Waals surface area contributed by atoms with E-state index in [4.69, 9.17) is 21.5 Å². The molecule has 0 saturated heterocycles. The molecule has 0 saturated carbocycles. The van der Waals surface area contributed by atoms with E-state index in [2.05, 4.69) is 21.2 Å². The molecule has 1 aromatic rings. The lowest BCUT2D eigenvalue weighted by atomic mass is 10.2. The molecule has 0 fully saturated rings.